The Labute approximate surface area is 125 Å². The van der Waals surface area contributed by atoms with E-state index in [1.54, 1.807) is 11.0 Å². The highest BCUT2D eigenvalue weighted by molar-refractivity contribution is 5.78. The fraction of sp³-hybridized carbons (Fsp3) is 0.438. The predicted molar refractivity (Wildman–Crippen MR) is 81.5 cm³/mol. The topological polar surface area (TPSA) is 59.8 Å². The van der Waals surface area contributed by atoms with Crippen LogP contribution in [0, 0.1) is 5.92 Å². The normalized spacial score (nSPS) is 10.8. The monoisotopic (exact) mass is 286 g/mol. The molecule has 2 rings (SSSR count). The molecule has 0 bridgehead atoms. The molecule has 5 heteroatoms. The van der Waals surface area contributed by atoms with E-state index in [0.29, 0.717) is 13.1 Å². The summed E-state index contributed by atoms with van der Waals surface area (Å²) in [5.74, 6) is 0.267. The summed E-state index contributed by atoms with van der Waals surface area (Å²) < 4.78 is 1.78. The zero-order valence-electron chi connectivity index (χ0n) is 12.6. The third-order valence-electron chi connectivity index (χ3n) is 3.66. The molecule has 0 saturated carbocycles. The number of hydrogen-bond donors (Lipinski definition) is 1. The number of hydrogen-bond acceptors (Lipinski definition) is 3. The largest absolute Gasteiger partial charge is 0.352 e. The van der Waals surface area contributed by atoms with Crippen molar-refractivity contribution < 1.29 is 4.79 Å². The number of nitrogens with one attached hydrogen (secondary N) is 1. The number of carbonyl (C=O) groups is 1. The van der Waals surface area contributed by atoms with Crippen molar-refractivity contribution in [3.8, 4) is 0 Å². The first-order valence-electron chi connectivity index (χ1n) is 7.40. The van der Waals surface area contributed by atoms with E-state index < -0.39 is 0 Å². The van der Waals surface area contributed by atoms with E-state index >= 15 is 0 Å². The zero-order chi connectivity index (χ0) is 15.1. The molecule has 0 fully saturated rings. The summed E-state index contributed by atoms with van der Waals surface area (Å²) in [4.78, 5) is 15.8. The number of rotatable bonds is 7. The van der Waals surface area contributed by atoms with Gasteiger partial charge in [-0.05, 0) is 24.0 Å². The van der Waals surface area contributed by atoms with Gasteiger partial charge in [-0.3, -0.25) is 4.79 Å². The van der Waals surface area contributed by atoms with Crippen molar-refractivity contribution in [1.82, 2.24) is 20.1 Å². The van der Waals surface area contributed by atoms with Crippen LogP contribution >= 0.6 is 0 Å². The van der Waals surface area contributed by atoms with Crippen molar-refractivity contribution in [3.05, 3.63) is 48.0 Å². The predicted octanol–water partition coefficient (Wildman–Crippen LogP) is 2.38. The Morgan fingerprint density at radius 2 is 1.86 bits per heavy atom. The average molecular weight is 286 g/mol. The summed E-state index contributed by atoms with van der Waals surface area (Å²) >= 11 is 0. The minimum Gasteiger partial charge on any atom is -0.352 e. The van der Waals surface area contributed by atoms with Crippen LogP contribution in [0.1, 0.15) is 37.8 Å². The van der Waals surface area contributed by atoms with Crippen LogP contribution in [0.25, 0.3) is 0 Å². The Morgan fingerprint density at radius 1 is 1.19 bits per heavy atom. The second-order valence-electron chi connectivity index (χ2n) is 5.14. The molecular formula is C16H22N4O. The second kappa shape index (κ2) is 7.57. The smallest absolute Gasteiger partial charge is 0.223 e. The van der Waals surface area contributed by atoms with Gasteiger partial charge in [-0.1, -0.05) is 38.1 Å². The Balaban J connectivity index is 1.86. The van der Waals surface area contributed by atoms with Crippen molar-refractivity contribution in [2.45, 2.75) is 39.8 Å². The molecule has 0 unspecified atom stereocenters. The SMILES string of the molecule is CCC(CC)C(=O)NCc1ccc(Cn2cncn2)cc1. The van der Waals surface area contributed by atoms with E-state index in [0.717, 1.165) is 24.0 Å². The van der Waals surface area contributed by atoms with Gasteiger partial charge in [0.2, 0.25) is 5.91 Å². The molecule has 1 amide bonds. The van der Waals surface area contributed by atoms with Crippen LogP contribution in [0.3, 0.4) is 0 Å². The zero-order valence-corrected chi connectivity index (χ0v) is 12.6. The quantitative estimate of drug-likeness (QED) is 0.850. The fourth-order valence-electron chi connectivity index (χ4n) is 2.26. The van der Waals surface area contributed by atoms with E-state index in [9.17, 15) is 4.79 Å². The van der Waals surface area contributed by atoms with Gasteiger partial charge in [-0.2, -0.15) is 5.10 Å². The molecule has 0 saturated heterocycles. The van der Waals surface area contributed by atoms with Crippen LogP contribution in [0.15, 0.2) is 36.9 Å². The molecule has 2 aromatic rings. The van der Waals surface area contributed by atoms with Gasteiger partial charge in [0.1, 0.15) is 12.7 Å². The molecular weight excluding hydrogens is 264 g/mol. The standard InChI is InChI=1S/C16H22N4O/c1-3-15(4-2)16(21)18-9-13-5-7-14(8-6-13)10-20-12-17-11-19-20/h5-8,11-12,15H,3-4,9-10H2,1-2H3,(H,18,21). The lowest BCUT2D eigenvalue weighted by atomic mass is 10.0. The molecule has 0 aliphatic carbocycles. The van der Waals surface area contributed by atoms with Crippen molar-refractivity contribution in [1.29, 1.82) is 0 Å². The summed E-state index contributed by atoms with van der Waals surface area (Å²) in [5, 5.41) is 7.08. The maximum Gasteiger partial charge on any atom is 0.223 e. The Bertz CT molecular complexity index is 544. The van der Waals surface area contributed by atoms with Crippen LogP contribution in [0.4, 0.5) is 0 Å². The number of amides is 1. The Kier molecular flexibility index (Phi) is 5.49. The average Bonchev–Trinajstić information content (AvgIpc) is 3.01. The van der Waals surface area contributed by atoms with Crippen LogP contribution in [0.2, 0.25) is 0 Å². The Morgan fingerprint density at radius 3 is 2.43 bits per heavy atom. The van der Waals surface area contributed by atoms with Gasteiger partial charge in [-0.25, -0.2) is 9.67 Å². The van der Waals surface area contributed by atoms with E-state index in [1.165, 1.54) is 6.33 Å². The fourth-order valence-corrected chi connectivity index (χ4v) is 2.26. The first-order chi connectivity index (χ1) is 10.2. The van der Waals surface area contributed by atoms with Crippen LogP contribution in [-0.2, 0) is 17.9 Å². The molecule has 0 radical (unpaired) electrons. The second-order valence-corrected chi connectivity index (χ2v) is 5.14. The van der Waals surface area contributed by atoms with Crippen molar-refractivity contribution in [3.63, 3.8) is 0 Å². The third-order valence-corrected chi connectivity index (χ3v) is 3.66. The summed E-state index contributed by atoms with van der Waals surface area (Å²) in [5.41, 5.74) is 2.27. The lowest BCUT2D eigenvalue weighted by molar-refractivity contribution is -0.125. The van der Waals surface area contributed by atoms with Crippen molar-refractivity contribution in [2.24, 2.45) is 5.92 Å². The van der Waals surface area contributed by atoms with Crippen molar-refractivity contribution >= 4 is 5.91 Å². The van der Waals surface area contributed by atoms with E-state index in [4.69, 9.17) is 0 Å². The summed E-state index contributed by atoms with van der Waals surface area (Å²) in [7, 11) is 0. The highest BCUT2D eigenvalue weighted by Gasteiger charge is 2.13. The summed E-state index contributed by atoms with van der Waals surface area (Å²) in [6, 6.07) is 8.19. The van der Waals surface area contributed by atoms with E-state index in [1.807, 2.05) is 26.0 Å². The van der Waals surface area contributed by atoms with Gasteiger partial charge in [0.25, 0.3) is 0 Å². The first-order valence-corrected chi connectivity index (χ1v) is 7.40. The molecule has 21 heavy (non-hydrogen) atoms. The first kappa shape index (κ1) is 15.2. The van der Waals surface area contributed by atoms with Crippen LogP contribution in [0.5, 0.6) is 0 Å². The molecule has 0 aliphatic rings. The van der Waals surface area contributed by atoms with Crippen LogP contribution < -0.4 is 5.32 Å². The maximum absolute atomic E-state index is 11.9. The minimum atomic E-state index is 0.122. The summed E-state index contributed by atoms with van der Waals surface area (Å²) in [6.45, 7) is 5.39. The van der Waals surface area contributed by atoms with E-state index in [2.05, 4.69) is 27.5 Å². The van der Waals surface area contributed by atoms with Gasteiger partial charge in [0, 0.05) is 12.5 Å². The van der Waals surface area contributed by atoms with Gasteiger partial charge in [-0.15, -0.1) is 0 Å². The van der Waals surface area contributed by atoms with Gasteiger partial charge >= 0.3 is 0 Å². The molecule has 1 heterocycles. The minimum absolute atomic E-state index is 0.122. The van der Waals surface area contributed by atoms with Gasteiger partial charge in [0.15, 0.2) is 0 Å². The van der Waals surface area contributed by atoms with Crippen molar-refractivity contribution in [2.75, 3.05) is 0 Å². The highest BCUT2D eigenvalue weighted by atomic mass is 16.1. The summed E-state index contributed by atoms with van der Waals surface area (Å²) in [6.07, 6.45) is 5.00. The third kappa shape index (κ3) is 4.41. The molecule has 1 aromatic heterocycles. The molecule has 0 atom stereocenters. The molecule has 1 aromatic carbocycles. The van der Waals surface area contributed by atoms with Gasteiger partial charge in [0.05, 0.1) is 6.54 Å². The molecule has 5 nitrogen and oxygen atoms in total. The van der Waals surface area contributed by atoms with Gasteiger partial charge < -0.3 is 5.32 Å². The Hall–Kier alpha value is -2.17. The molecule has 112 valence electrons. The molecule has 1 N–H and O–H groups in total. The number of benzene rings is 1. The number of aromatic nitrogens is 3. The number of carbonyl (C=O) groups excluding carboxylic acids is 1. The highest BCUT2D eigenvalue weighted by Crippen LogP contribution is 2.09. The van der Waals surface area contributed by atoms with E-state index in [-0.39, 0.29) is 11.8 Å². The van der Waals surface area contributed by atoms with Crippen LogP contribution in [-0.4, -0.2) is 20.7 Å². The molecule has 0 aliphatic heterocycles. The molecule has 0 spiro atoms. The number of nitrogens with zero attached hydrogens (tertiary/aromatic N) is 3. The lowest BCUT2D eigenvalue weighted by Gasteiger charge is -2.13. The maximum atomic E-state index is 11.9. The lowest BCUT2D eigenvalue weighted by Crippen LogP contribution is -2.29.